The third-order valence-electron chi connectivity index (χ3n) is 3.38. The maximum absolute atomic E-state index is 13.2. The number of esters is 1. The van der Waals surface area contributed by atoms with Gasteiger partial charge in [0.25, 0.3) is 0 Å². The van der Waals surface area contributed by atoms with E-state index in [2.05, 4.69) is 0 Å². The highest BCUT2D eigenvalue weighted by molar-refractivity contribution is 5.74. The average molecular weight is 255 g/mol. The third-order valence-corrected chi connectivity index (χ3v) is 3.38. The average Bonchev–Trinajstić information content (AvgIpc) is 2.74. The molecule has 0 aliphatic carbocycles. The van der Waals surface area contributed by atoms with Gasteiger partial charge in [-0.2, -0.15) is 0 Å². The lowest BCUT2D eigenvalue weighted by atomic mass is 9.89. The normalized spacial score (nSPS) is 24.2. The molecule has 1 aliphatic heterocycles. The van der Waals surface area contributed by atoms with Gasteiger partial charge in [-0.05, 0) is 24.7 Å². The Labute approximate surface area is 104 Å². The van der Waals surface area contributed by atoms with Crippen molar-refractivity contribution in [3.05, 3.63) is 35.4 Å². The van der Waals surface area contributed by atoms with Crippen LogP contribution in [0, 0.1) is 17.6 Å². The Kier molecular flexibility index (Phi) is 3.61. The summed E-state index contributed by atoms with van der Waals surface area (Å²) in [6.07, 6.45) is 0. The Morgan fingerprint density at radius 2 is 2.06 bits per heavy atom. The SMILES string of the molecule is COC(=O)C1CN(C)CC1c1ccc(F)c(F)c1. The zero-order chi connectivity index (χ0) is 13.3. The van der Waals surface area contributed by atoms with E-state index in [1.807, 2.05) is 11.9 Å². The van der Waals surface area contributed by atoms with Crippen LogP contribution in [0.4, 0.5) is 8.78 Å². The van der Waals surface area contributed by atoms with Gasteiger partial charge in [-0.1, -0.05) is 6.07 Å². The number of likely N-dealkylation sites (N-methyl/N-ethyl adjacent to an activating group) is 1. The van der Waals surface area contributed by atoms with Gasteiger partial charge < -0.3 is 9.64 Å². The second-order valence-electron chi connectivity index (χ2n) is 4.63. The minimum atomic E-state index is -0.884. The van der Waals surface area contributed by atoms with E-state index in [-0.39, 0.29) is 17.8 Å². The van der Waals surface area contributed by atoms with E-state index < -0.39 is 11.6 Å². The number of hydrogen-bond donors (Lipinski definition) is 0. The predicted octanol–water partition coefficient (Wildman–Crippen LogP) is 1.78. The first kappa shape index (κ1) is 13.0. The molecule has 2 rings (SSSR count). The number of benzene rings is 1. The van der Waals surface area contributed by atoms with E-state index in [4.69, 9.17) is 4.74 Å². The number of nitrogens with zero attached hydrogens (tertiary/aromatic N) is 1. The summed E-state index contributed by atoms with van der Waals surface area (Å²) in [7, 11) is 3.22. The van der Waals surface area contributed by atoms with Crippen molar-refractivity contribution in [1.82, 2.24) is 4.90 Å². The molecule has 0 saturated carbocycles. The van der Waals surface area contributed by atoms with Crippen molar-refractivity contribution >= 4 is 5.97 Å². The smallest absolute Gasteiger partial charge is 0.310 e. The molecule has 2 atom stereocenters. The third kappa shape index (κ3) is 2.36. The number of methoxy groups -OCH3 is 1. The first-order valence-electron chi connectivity index (χ1n) is 5.74. The molecule has 2 unspecified atom stereocenters. The maximum atomic E-state index is 13.2. The van der Waals surface area contributed by atoms with Crippen LogP contribution in [-0.4, -0.2) is 38.1 Å². The highest BCUT2D eigenvalue weighted by atomic mass is 19.2. The molecular weight excluding hydrogens is 240 g/mol. The fraction of sp³-hybridized carbons (Fsp3) is 0.462. The molecule has 0 aromatic heterocycles. The van der Waals surface area contributed by atoms with Gasteiger partial charge in [0.15, 0.2) is 11.6 Å². The van der Waals surface area contributed by atoms with Crippen molar-refractivity contribution in [3.8, 4) is 0 Å². The lowest BCUT2D eigenvalue weighted by Gasteiger charge is -2.16. The van der Waals surface area contributed by atoms with Crippen LogP contribution in [0.5, 0.6) is 0 Å². The van der Waals surface area contributed by atoms with Crippen LogP contribution in [-0.2, 0) is 9.53 Å². The van der Waals surface area contributed by atoms with Crippen molar-refractivity contribution in [3.63, 3.8) is 0 Å². The molecule has 0 amide bonds. The standard InChI is InChI=1S/C13H15F2NO2/c1-16-6-9(10(7-16)13(17)18-2)8-3-4-11(14)12(15)5-8/h3-5,9-10H,6-7H2,1-2H3. The molecule has 18 heavy (non-hydrogen) atoms. The van der Waals surface area contributed by atoms with Gasteiger partial charge in [-0.25, -0.2) is 8.78 Å². The van der Waals surface area contributed by atoms with Gasteiger partial charge in [0, 0.05) is 19.0 Å². The molecule has 1 aromatic rings. The molecule has 1 heterocycles. The lowest BCUT2D eigenvalue weighted by Crippen LogP contribution is -2.23. The first-order valence-corrected chi connectivity index (χ1v) is 5.74. The fourth-order valence-electron chi connectivity index (χ4n) is 2.47. The van der Waals surface area contributed by atoms with Crippen molar-refractivity contribution in [1.29, 1.82) is 0 Å². The van der Waals surface area contributed by atoms with Gasteiger partial charge in [-0.15, -0.1) is 0 Å². The highest BCUT2D eigenvalue weighted by Gasteiger charge is 2.37. The van der Waals surface area contributed by atoms with Crippen LogP contribution < -0.4 is 0 Å². The van der Waals surface area contributed by atoms with Crippen molar-refractivity contribution in [2.45, 2.75) is 5.92 Å². The second-order valence-corrected chi connectivity index (χ2v) is 4.63. The van der Waals surface area contributed by atoms with E-state index in [0.29, 0.717) is 18.7 Å². The van der Waals surface area contributed by atoms with E-state index >= 15 is 0 Å². The molecule has 0 N–H and O–H groups in total. The molecule has 1 aromatic carbocycles. The predicted molar refractivity (Wildman–Crippen MR) is 62.1 cm³/mol. The Balaban J connectivity index is 2.29. The number of likely N-dealkylation sites (tertiary alicyclic amines) is 1. The molecule has 1 fully saturated rings. The Bertz CT molecular complexity index is 464. The van der Waals surface area contributed by atoms with Gasteiger partial charge in [0.2, 0.25) is 0 Å². The quantitative estimate of drug-likeness (QED) is 0.754. The van der Waals surface area contributed by atoms with E-state index in [0.717, 1.165) is 12.1 Å². The lowest BCUT2D eigenvalue weighted by molar-refractivity contribution is -0.145. The monoisotopic (exact) mass is 255 g/mol. The van der Waals surface area contributed by atoms with Gasteiger partial charge in [-0.3, -0.25) is 4.79 Å². The number of halogens is 2. The Morgan fingerprint density at radius 3 is 2.67 bits per heavy atom. The zero-order valence-corrected chi connectivity index (χ0v) is 10.3. The Hall–Kier alpha value is -1.49. The highest BCUT2D eigenvalue weighted by Crippen LogP contribution is 2.33. The van der Waals surface area contributed by atoms with Crippen LogP contribution >= 0.6 is 0 Å². The number of carbonyl (C=O) groups is 1. The summed E-state index contributed by atoms with van der Waals surface area (Å²) in [5, 5.41) is 0. The van der Waals surface area contributed by atoms with Gasteiger partial charge in [0.1, 0.15) is 0 Å². The summed E-state index contributed by atoms with van der Waals surface area (Å²) < 4.78 is 30.9. The van der Waals surface area contributed by atoms with Gasteiger partial charge in [0.05, 0.1) is 13.0 Å². The van der Waals surface area contributed by atoms with Gasteiger partial charge >= 0.3 is 5.97 Å². The summed E-state index contributed by atoms with van der Waals surface area (Å²) in [6, 6.07) is 3.78. The van der Waals surface area contributed by atoms with Crippen LogP contribution in [0.3, 0.4) is 0 Å². The van der Waals surface area contributed by atoms with Crippen molar-refractivity contribution in [2.75, 3.05) is 27.2 Å². The van der Waals surface area contributed by atoms with E-state index in [1.165, 1.54) is 13.2 Å². The molecule has 5 heteroatoms. The van der Waals surface area contributed by atoms with Crippen molar-refractivity contribution in [2.24, 2.45) is 5.92 Å². The van der Waals surface area contributed by atoms with Crippen LogP contribution in [0.1, 0.15) is 11.5 Å². The van der Waals surface area contributed by atoms with E-state index in [9.17, 15) is 13.6 Å². The summed E-state index contributed by atoms with van der Waals surface area (Å²) >= 11 is 0. The molecule has 1 saturated heterocycles. The first-order chi connectivity index (χ1) is 8.52. The molecule has 0 spiro atoms. The summed E-state index contributed by atoms with van der Waals surface area (Å²) in [5.41, 5.74) is 0.633. The zero-order valence-electron chi connectivity index (χ0n) is 10.3. The number of hydrogen-bond acceptors (Lipinski definition) is 3. The number of rotatable bonds is 2. The minimum Gasteiger partial charge on any atom is -0.469 e. The minimum absolute atomic E-state index is 0.155. The number of ether oxygens (including phenoxy) is 1. The van der Waals surface area contributed by atoms with Crippen molar-refractivity contribution < 1.29 is 18.3 Å². The summed E-state index contributed by atoms with van der Waals surface area (Å²) in [5.74, 6) is -2.55. The molecular formula is C13H15F2NO2. The Morgan fingerprint density at radius 1 is 1.33 bits per heavy atom. The van der Waals surface area contributed by atoms with Crippen LogP contribution in [0.2, 0.25) is 0 Å². The summed E-state index contributed by atoms with van der Waals surface area (Å²) in [4.78, 5) is 13.7. The fourth-order valence-corrected chi connectivity index (χ4v) is 2.47. The topological polar surface area (TPSA) is 29.5 Å². The second kappa shape index (κ2) is 5.02. The molecule has 1 aliphatic rings. The maximum Gasteiger partial charge on any atom is 0.310 e. The molecule has 98 valence electrons. The van der Waals surface area contributed by atoms with E-state index in [1.54, 1.807) is 0 Å². The molecule has 0 radical (unpaired) electrons. The summed E-state index contributed by atoms with van der Waals surface area (Å²) in [6.45, 7) is 1.20. The largest absolute Gasteiger partial charge is 0.469 e. The molecule has 3 nitrogen and oxygen atoms in total. The number of carbonyl (C=O) groups excluding carboxylic acids is 1. The van der Waals surface area contributed by atoms with Crippen LogP contribution in [0.15, 0.2) is 18.2 Å². The van der Waals surface area contributed by atoms with Crippen LogP contribution in [0.25, 0.3) is 0 Å². The molecule has 0 bridgehead atoms.